The zero-order valence-corrected chi connectivity index (χ0v) is 19.0. The van der Waals surface area contributed by atoms with Crippen molar-refractivity contribution in [1.29, 1.82) is 0 Å². The van der Waals surface area contributed by atoms with Gasteiger partial charge < -0.3 is 9.74 Å². The Balaban J connectivity index is 1.68. The van der Waals surface area contributed by atoms with E-state index in [9.17, 15) is 30.4 Å². The van der Waals surface area contributed by atoms with Gasteiger partial charge in [-0.3, -0.25) is 4.98 Å². The van der Waals surface area contributed by atoms with Crippen molar-refractivity contribution in [2.45, 2.75) is 31.2 Å². The number of nitrogens with zero attached hydrogens (tertiary/aromatic N) is 3. The van der Waals surface area contributed by atoms with Crippen LogP contribution in [0, 0.1) is 24.4 Å². The lowest BCUT2D eigenvalue weighted by atomic mass is 9.88. The van der Waals surface area contributed by atoms with Crippen molar-refractivity contribution in [3.8, 4) is 11.1 Å². The third-order valence-electron chi connectivity index (χ3n) is 5.70. The van der Waals surface area contributed by atoms with E-state index < -0.39 is 57.5 Å². The lowest BCUT2D eigenvalue weighted by Crippen LogP contribution is -2.41. The summed E-state index contributed by atoms with van der Waals surface area (Å²) in [7, 11) is -3.67. The monoisotopic (exact) mass is 504 g/mol. The fourth-order valence-electron chi connectivity index (χ4n) is 4.17. The molecule has 34 heavy (non-hydrogen) atoms. The molecule has 13 heteroatoms. The highest BCUT2D eigenvalue weighted by Gasteiger charge is 2.48. The fourth-order valence-corrected chi connectivity index (χ4v) is 4.95. The summed E-state index contributed by atoms with van der Waals surface area (Å²) in [5, 5.41) is 3.87. The van der Waals surface area contributed by atoms with Gasteiger partial charge in [0.1, 0.15) is 36.1 Å². The summed E-state index contributed by atoms with van der Waals surface area (Å²) in [6.45, 7) is 0.131. The third kappa shape index (κ3) is 4.58. The van der Waals surface area contributed by atoms with E-state index in [4.69, 9.17) is 4.84 Å². The Kier molecular flexibility index (Phi) is 6.27. The first-order valence-electron chi connectivity index (χ1n) is 10.2. The number of pyridine rings is 1. The standard InChI is InChI=1S/C21H21F5N4O3S/c1-11-3-13(19-14(24)4-12(23)5-15(19)25)20(27-7-11)21(10-22)6-18(28-33-21)30-8-16(26)17(9-30)29-34(2,31)32/h3-5,7,16-17,29H,6,8-10H2,1-2H3/t16-,17+,21?/m0/s1. The van der Waals surface area contributed by atoms with Gasteiger partial charge in [-0.25, -0.2) is 35.1 Å². The minimum Gasteiger partial charge on any atom is -0.378 e. The Morgan fingerprint density at radius 2 is 1.88 bits per heavy atom. The maximum atomic E-state index is 14.6. The molecule has 184 valence electrons. The number of aryl methyl sites for hydroxylation is 1. The zero-order chi connectivity index (χ0) is 24.8. The minimum absolute atomic E-state index is 0.0752. The van der Waals surface area contributed by atoms with Crippen LogP contribution in [0.15, 0.2) is 29.6 Å². The molecule has 1 aromatic carbocycles. The van der Waals surface area contributed by atoms with E-state index in [1.165, 1.54) is 17.2 Å². The largest absolute Gasteiger partial charge is 0.378 e. The van der Waals surface area contributed by atoms with E-state index in [1.807, 2.05) is 0 Å². The molecule has 0 bridgehead atoms. The molecule has 1 fully saturated rings. The molecule has 3 atom stereocenters. The molecule has 1 N–H and O–H groups in total. The second-order valence-corrected chi connectivity index (χ2v) is 10.3. The molecule has 0 aliphatic carbocycles. The van der Waals surface area contributed by atoms with Gasteiger partial charge in [0.05, 0.1) is 36.5 Å². The Morgan fingerprint density at radius 3 is 2.50 bits per heavy atom. The van der Waals surface area contributed by atoms with Crippen LogP contribution in [0.2, 0.25) is 0 Å². The lowest BCUT2D eigenvalue weighted by Gasteiger charge is -2.26. The number of amidine groups is 1. The van der Waals surface area contributed by atoms with Crippen molar-refractivity contribution in [3.05, 3.63) is 53.1 Å². The number of rotatable bonds is 5. The fraction of sp³-hybridized carbons (Fsp3) is 0.429. The number of alkyl halides is 2. The number of likely N-dealkylation sites (tertiary alicyclic amines) is 1. The van der Waals surface area contributed by atoms with Gasteiger partial charge in [0.15, 0.2) is 0 Å². The molecule has 2 aromatic rings. The van der Waals surface area contributed by atoms with Crippen LogP contribution in [0.25, 0.3) is 11.1 Å². The van der Waals surface area contributed by atoms with Crippen LogP contribution in [0.1, 0.15) is 17.7 Å². The van der Waals surface area contributed by atoms with Crippen LogP contribution in [0.4, 0.5) is 22.0 Å². The summed E-state index contributed by atoms with van der Waals surface area (Å²) in [5.74, 6) is -3.38. The Morgan fingerprint density at radius 1 is 1.21 bits per heavy atom. The average Bonchev–Trinajstić information content (AvgIpc) is 3.31. The van der Waals surface area contributed by atoms with Crippen molar-refractivity contribution < 1.29 is 35.2 Å². The summed E-state index contributed by atoms with van der Waals surface area (Å²) in [5.41, 5.74) is -2.26. The van der Waals surface area contributed by atoms with E-state index in [0.29, 0.717) is 17.7 Å². The average molecular weight is 504 g/mol. The van der Waals surface area contributed by atoms with Crippen molar-refractivity contribution in [1.82, 2.24) is 14.6 Å². The first kappa shape index (κ1) is 24.3. The molecule has 0 radical (unpaired) electrons. The van der Waals surface area contributed by atoms with Gasteiger partial charge in [-0.15, -0.1) is 0 Å². The van der Waals surface area contributed by atoms with E-state index in [1.54, 1.807) is 6.92 Å². The molecule has 0 amide bonds. The van der Waals surface area contributed by atoms with Crippen LogP contribution in [0.5, 0.6) is 0 Å². The molecule has 2 aliphatic rings. The second kappa shape index (κ2) is 8.77. The maximum absolute atomic E-state index is 14.6. The number of benzene rings is 1. The second-order valence-electron chi connectivity index (χ2n) is 8.47. The van der Waals surface area contributed by atoms with Gasteiger partial charge in [-0.1, -0.05) is 5.16 Å². The predicted octanol–water partition coefficient (Wildman–Crippen LogP) is 2.94. The van der Waals surface area contributed by atoms with Crippen LogP contribution < -0.4 is 4.72 Å². The Bertz CT molecular complexity index is 1240. The smallest absolute Gasteiger partial charge is 0.215 e. The minimum atomic E-state index is -3.67. The molecule has 1 unspecified atom stereocenters. The molecule has 4 rings (SSSR count). The molecule has 0 saturated carbocycles. The lowest BCUT2D eigenvalue weighted by molar-refractivity contribution is -0.0435. The zero-order valence-electron chi connectivity index (χ0n) is 18.2. The van der Waals surface area contributed by atoms with Crippen LogP contribution in [-0.2, 0) is 20.5 Å². The highest BCUT2D eigenvalue weighted by molar-refractivity contribution is 7.88. The summed E-state index contributed by atoms with van der Waals surface area (Å²) in [6.07, 6.45) is 0.463. The number of halogens is 5. The topological polar surface area (TPSA) is 83.9 Å². The number of oxime groups is 1. The number of sulfonamides is 1. The quantitative estimate of drug-likeness (QED) is 0.634. The van der Waals surface area contributed by atoms with Crippen molar-refractivity contribution in [2.24, 2.45) is 5.16 Å². The normalized spacial score (nSPS) is 24.9. The van der Waals surface area contributed by atoms with E-state index in [-0.39, 0.29) is 36.6 Å². The Labute approximate surface area is 192 Å². The molecule has 0 spiro atoms. The van der Waals surface area contributed by atoms with Crippen LogP contribution in [-0.4, -0.2) is 62.4 Å². The predicted molar refractivity (Wildman–Crippen MR) is 113 cm³/mol. The van der Waals surface area contributed by atoms with E-state index in [0.717, 1.165) is 6.26 Å². The number of hydrogen-bond donors (Lipinski definition) is 1. The SMILES string of the molecule is Cc1cnc(C2(CF)CC(N3C[C@H](F)[C@H](NS(C)(=O)=O)C3)=NO2)c(-c2c(F)cc(F)cc2F)c1. The Hall–Kier alpha value is -2.80. The third-order valence-corrected chi connectivity index (χ3v) is 6.43. The molecule has 1 saturated heterocycles. The first-order chi connectivity index (χ1) is 15.9. The van der Waals surface area contributed by atoms with Crippen molar-refractivity contribution >= 4 is 15.9 Å². The molecule has 1 aromatic heterocycles. The van der Waals surface area contributed by atoms with Crippen molar-refractivity contribution in [2.75, 3.05) is 26.0 Å². The summed E-state index contributed by atoms with van der Waals surface area (Å²) >= 11 is 0. The van der Waals surface area contributed by atoms with Gasteiger partial charge in [-0.2, -0.15) is 0 Å². The van der Waals surface area contributed by atoms with Gasteiger partial charge in [0.2, 0.25) is 15.6 Å². The van der Waals surface area contributed by atoms with Gasteiger partial charge in [0.25, 0.3) is 0 Å². The summed E-state index contributed by atoms with van der Waals surface area (Å²) in [4.78, 5) is 11.0. The molecule has 7 nitrogen and oxygen atoms in total. The van der Waals surface area contributed by atoms with Crippen LogP contribution >= 0.6 is 0 Å². The highest BCUT2D eigenvalue weighted by Crippen LogP contribution is 2.42. The van der Waals surface area contributed by atoms with Gasteiger partial charge in [0, 0.05) is 30.4 Å². The van der Waals surface area contributed by atoms with Gasteiger partial charge >= 0.3 is 0 Å². The molecule has 2 aliphatic heterocycles. The molecular weight excluding hydrogens is 483 g/mol. The maximum Gasteiger partial charge on any atom is 0.215 e. The highest BCUT2D eigenvalue weighted by atomic mass is 32.2. The number of hydrogen-bond acceptors (Lipinski definition) is 6. The first-order valence-corrected chi connectivity index (χ1v) is 12.1. The number of nitrogens with one attached hydrogen (secondary N) is 1. The van der Waals surface area contributed by atoms with Gasteiger partial charge in [-0.05, 0) is 18.6 Å². The summed E-state index contributed by atoms with van der Waals surface area (Å²) in [6, 6.07) is 1.35. The van der Waals surface area contributed by atoms with E-state index in [2.05, 4.69) is 14.9 Å². The van der Waals surface area contributed by atoms with E-state index >= 15 is 0 Å². The number of aromatic nitrogens is 1. The van der Waals surface area contributed by atoms with Crippen molar-refractivity contribution in [3.63, 3.8) is 0 Å². The van der Waals surface area contributed by atoms with Crippen LogP contribution in [0.3, 0.4) is 0 Å². The summed E-state index contributed by atoms with van der Waals surface area (Å²) < 4.78 is 96.7. The molecule has 3 heterocycles. The molecular formula is C21H21F5N4O3S.